The zero-order valence-corrected chi connectivity index (χ0v) is 8.97. The van der Waals surface area contributed by atoms with Crippen LogP contribution in [0.5, 0.6) is 0 Å². The van der Waals surface area contributed by atoms with Gasteiger partial charge in [-0.15, -0.1) is 0 Å². The van der Waals surface area contributed by atoms with Gasteiger partial charge in [0.15, 0.2) is 0 Å². The Morgan fingerprint density at radius 3 is 2.46 bits per heavy atom. The molecule has 13 heavy (non-hydrogen) atoms. The largest absolute Gasteiger partial charge is 0.324 e. The van der Waals surface area contributed by atoms with Crippen molar-refractivity contribution in [1.82, 2.24) is 4.90 Å². The molecule has 2 heteroatoms. The number of hydrogen-bond acceptors (Lipinski definition) is 2. The molecule has 1 atom stereocenters. The quantitative estimate of drug-likeness (QED) is 0.718. The Kier molecular flexibility index (Phi) is 2.16. The van der Waals surface area contributed by atoms with Gasteiger partial charge < -0.3 is 10.6 Å². The summed E-state index contributed by atoms with van der Waals surface area (Å²) in [6.07, 6.45) is 5.15. The van der Waals surface area contributed by atoms with Crippen molar-refractivity contribution >= 4 is 0 Å². The van der Waals surface area contributed by atoms with Crippen LogP contribution in [0, 0.1) is 5.41 Å². The summed E-state index contributed by atoms with van der Waals surface area (Å²) in [6.45, 7) is 8.39. The Labute approximate surface area is 81.5 Å². The zero-order chi connectivity index (χ0) is 9.53. The molecule has 0 spiro atoms. The van der Waals surface area contributed by atoms with Gasteiger partial charge >= 0.3 is 0 Å². The van der Waals surface area contributed by atoms with E-state index in [-0.39, 0.29) is 5.54 Å². The third-order valence-electron chi connectivity index (χ3n) is 3.92. The smallest absolute Gasteiger partial charge is 0.0284 e. The van der Waals surface area contributed by atoms with E-state index in [0.29, 0.717) is 5.41 Å². The first-order valence-electron chi connectivity index (χ1n) is 5.57. The van der Waals surface area contributed by atoms with Gasteiger partial charge in [-0.3, -0.25) is 0 Å². The summed E-state index contributed by atoms with van der Waals surface area (Å²) in [5.74, 6) is 0. The standard InChI is InChI=1S/C11H22N2/c1-3-10(2)6-7-13(8-10)9-11(12)4-5-11/h3-9,12H2,1-2H3. The van der Waals surface area contributed by atoms with E-state index in [1.54, 1.807) is 0 Å². The van der Waals surface area contributed by atoms with Crippen molar-refractivity contribution in [3.63, 3.8) is 0 Å². The van der Waals surface area contributed by atoms with Crippen LogP contribution in [0.25, 0.3) is 0 Å². The first kappa shape index (κ1) is 9.47. The van der Waals surface area contributed by atoms with E-state index in [2.05, 4.69) is 18.7 Å². The van der Waals surface area contributed by atoms with Crippen LogP contribution in [-0.4, -0.2) is 30.1 Å². The Morgan fingerprint density at radius 2 is 2.00 bits per heavy atom. The van der Waals surface area contributed by atoms with E-state index >= 15 is 0 Å². The zero-order valence-electron chi connectivity index (χ0n) is 8.97. The van der Waals surface area contributed by atoms with Gasteiger partial charge in [-0.05, 0) is 37.6 Å². The molecule has 1 aliphatic heterocycles. The lowest BCUT2D eigenvalue weighted by Gasteiger charge is -2.24. The molecule has 0 amide bonds. The summed E-state index contributed by atoms with van der Waals surface area (Å²) in [4.78, 5) is 2.57. The van der Waals surface area contributed by atoms with Crippen LogP contribution in [0.3, 0.4) is 0 Å². The topological polar surface area (TPSA) is 29.3 Å². The van der Waals surface area contributed by atoms with Gasteiger partial charge in [0, 0.05) is 18.6 Å². The molecule has 0 radical (unpaired) electrons. The summed E-state index contributed by atoms with van der Waals surface area (Å²) in [6, 6.07) is 0. The van der Waals surface area contributed by atoms with Crippen molar-refractivity contribution in [2.24, 2.45) is 11.1 Å². The number of likely N-dealkylation sites (tertiary alicyclic amines) is 1. The average molecular weight is 182 g/mol. The summed E-state index contributed by atoms with van der Waals surface area (Å²) in [5.41, 5.74) is 6.90. The van der Waals surface area contributed by atoms with Gasteiger partial charge in [0.2, 0.25) is 0 Å². The first-order chi connectivity index (χ1) is 6.05. The Hall–Kier alpha value is -0.0800. The summed E-state index contributed by atoms with van der Waals surface area (Å²) < 4.78 is 0. The molecule has 2 nitrogen and oxygen atoms in total. The Bertz CT molecular complexity index is 198. The molecule has 1 heterocycles. The fourth-order valence-electron chi connectivity index (χ4n) is 2.31. The van der Waals surface area contributed by atoms with E-state index in [1.807, 2.05) is 0 Å². The normalized spacial score (nSPS) is 38.1. The maximum atomic E-state index is 6.11. The number of rotatable bonds is 3. The Balaban J connectivity index is 1.84. The van der Waals surface area contributed by atoms with Crippen LogP contribution in [0.1, 0.15) is 39.5 Å². The van der Waals surface area contributed by atoms with E-state index < -0.39 is 0 Å². The second-order valence-electron chi connectivity index (χ2n) is 5.49. The van der Waals surface area contributed by atoms with Crippen molar-refractivity contribution in [3.8, 4) is 0 Å². The van der Waals surface area contributed by atoms with E-state index in [9.17, 15) is 0 Å². The molecule has 2 aliphatic rings. The molecule has 1 saturated carbocycles. The molecular formula is C11H22N2. The van der Waals surface area contributed by atoms with Gasteiger partial charge in [0.05, 0.1) is 0 Å². The van der Waals surface area contributed by atoms with Crippen molar-refractivity contribution < 1.29 is 0 Å². The SMILES string of the molecule is CCC1(C)CCN(CC2(N)CC2)C1. The number of nitrogens with two attached hydrogens (primary N) is 1. The highest BCUT2D eigenvalue weighted by Crippen LogP contribution is 2.38. The second kappa shape index (κ2) is 2.96. The van der Waals surface area contributed by atoms with E-state index in [4.69, 9.17) is 5.73 Å². The monoisotopic (exact) mass is 182 g/mol. The van der Waals surface area contributed by atoms with Gasteiger partial charge in [-0.25, -0.2) is 0 Å². The highest BCUT2D eigenvalue weighted by molar-refractivity contribution is 5.02. The third kappa shape index (κ3) is 2.05. The van der Waals surface area contributed by atoms with Crippen molar-refractivity contribution in [3.05, 3.63) is 0 Å². The van der Waals surface area contributed by atoms with Crippen LogP contribution >= 0.6 is 0 Å². The Morgan fingerprint density at radius 1 is 1.31 bits per heavy atom. The average Bonchev–Trinajstić information content (AvgIpc) is 2.68. The van der Waals surface area contributed by atoms with Crippen LogP contribution in [0.2, 0.25) is 0 Å². The predicted octanol–water partition coefficient (Wildman–Crippen LogP) is 1.60. The maximum absolute atomic E-state index is 6.11. The van der Waals surface area contributed by atoms with Crippen LogP contribution in [0.15, 0.2) is 0 Å². The van der Waals surface area contributed by atoms with Gasteiger partial charge in [0.1, 0.15) is 0 Å². The lowest BCUT2D eigenvalue weighted by Crippen LogP contribution is -2.38. The summed E-state index contributed by atoms with van der Waals surface area (Å²) in [5, 5.41) is 0. The van der Waals surface area contributed by atoms with E-state index in [1.165, 1.54) is 38.8 Å². The molecule has 2 N–H and O–H groups in total. The molecule has 1 aliphatic carbocycles. The minimum atomic E-state index is 0.207. The lowest BCUT2D eigenvalue weighted by atomic mass is 9.87. The summed E-state index contributed by atoms with van der Waals surface area (Å²) in [7, 11) is 0. The fraction of sp³-hybridized carbons (Fsp3) is 1.00. The highest BCUT2D eigenvalue weighted by atomic mass is 15.2. The second-order valence-corrected chi connectivity index (χ2v) is 5.49. The predicted molar refractivity (Wildman–Crippen MR) is 55.6 cm³/mol. The van der Waals surface area contributed by atoms with Gasteiger partial charge in [-0.2, -0.15) is 0 Å². The van der Waals surface area contributed by atoms with E-state index in [0.717, 1.165) is 6.54 Å². The molecule has 2 fully saturated rings. The van der Waals surface area contributed by atoms with Gasteiger partial charge in [0.25, 0.3) is 0 Å². The third-order valence-corrected chi connectivity index (χ3v) is 3.92. The van der Waals surface area contributed by atoms with Crippen molar-refractivity contribution in [1.29, 1.82) is 0 Å². The van der Waals surface area contributed by atoms with Crippen molar-refractivity contribution in [2.75, 3.05) is 19.6 Å². The minimum Gasteiger partial charge on any atom is -0.324 e. The number of nitrogens with zero attached hydrogens (tertiary/aromatic N) is 1. The lowest BCUT2D eigenvalue weighted by molar-refractivity contribution is 0.252. The molecule has 0 aromatic rings. The molecule has 0 aromatic heterocycles. The molecule has 1 unspecified atom stereocenters. The van der Waals surface area contributed by atoms with Gasteiger partial charge in [-0.1, -0.05) is 13.8 Å². The maximum Gasteiger partial charge on any atom is 0.0284 e. The molecule has 0 bridgehead atoms. The molecule has 76 valence electrons. The minimum absolute atomic E-state index is 0.207. The van der Waals surface area contributed by atoms with Crippen LogP contribution in [-0.2, 0) is 0 Å². The van der Waals surface area contributed by atoms with Crippen LogP contribution < -0.4 is 5.73 Å². The molecular weight excluding hydrogens is 160 g/mol. The fourth-order valence-corrected chi connectivity index (χ4v) is 2.31. The molecule has 2 rings (SSSR count). The summed E-state index contributed by atoms with van der Waals surface area (Å²) >= 11 is 0. The molecule has 1 saturated heterocycles. The number of hydrogen-bond donors (Lipinski definition) is 1. The van der Waals surface area contributed by atoms with Crippen LogP contribution in [0.4, 0.5) is 0 Å². The first-order valence-corrected chi connectivity index (χ1v) is 5.57. The highest BCUT2D eigenvalue weighted by Gasteiger charge is 2.42. The van der Waals surface area contributed by atoms with Crippen molar-refractivity contribution in [2.45, 2.75) is 45.1 Å². The molecule has 0 aromatic carbocycles.